The summed E-state index contributed by atoms with van der Waals surface area (Å²) in [5.74, 6) is -4.43. The summed E-state index contributed by atoms with van der Waals surface area (Å²) in [5.41, 5.74) is -0.516. The Bertz CT molecular complexity index is 738. The second-order valence-corrected chi connectivity index (χ2v) is 4.26. The van der Waals surface area contributed by atoms with Crippen LogP contribution in [0.1, 0.15) is 5.82 Å². The molecule has 0 saturated heterocycles. The molecule has 2 amide bonds. The largest absolute Gasteiger partial charge is 0.467 e. The maximum Gasteiger partial charge on any atom is 0.322 e. The summed E-state index contributed by atoms with van der Waals surface area (Å²) in [6, 6.07) is 0.660. The van der Waals surface area contributed by atoms with Gasteiger partial charge in [-0.2, -0.15) is 9.97 Å². The average Bonchev–Trinajstić information content (AvgIpc) is 2.60. The first-order valence-electron chi connectivity index (χ1n) is 6.46. The van der Waals surface area contributed by atoms with E-state index in [9.17, 15) is 18.0 Å². The zero-order chi connectivity index (χ0) is 17.7. The molecule has 11 heteroatoms. The van der Waals surface area contributed by atoms with E-state index >= 15 is 0 Å². The molecule has 1 aromatic carbocycles. The van der Waals surface area contributed by atoms with Gasteiger partial charge in [-0.25, -0.2) is 18.0 Å². The van der Waals surface area contributed by atoms with Gasteiger partial charge in [0.1, 0.15) is 0 Å². The third-order valence-corrected chi connectivity index (χ3v) is 2.70. The van der Waals surface area contributed by atoms with E-state index in [1.165, 1.54) is 14.2 Å². The Kier molecular flexibility index (Phi) is 5.35. The van der Waals surface area contributed by atoms with E-state index < -0.39 is 29.2 Å². The van der Waals surface area contributed by atoms with E-state index in [0.717, 1.165) is 6.07 Å². The Morgan fingerprint density at radius 1 is 1.04 bits per heavy atom. The van der Waals surface area contributed by atoms with Crippen LogP contribution >= 0.6 is 0 Å². The molecule has 1 aromatic heterocycles. The smallest absolute Gasteiger partial charge is 0.322 e. The number of hydrogen-bond acceptors (Lipinski definition) is 6. The van der Waals surface area contributed by atoms with Crippen molar-refractivity contribution in [3.8, 4) is 12.0 Å². The summed E-state index contributed by atoms with van der Waals surface area (Å²) < 4.78 is 49.0. The molecule has 2 rings (SSSR count). The van der Waals surface area contributed by atoms with Gasteiger partial charge in [-0.3, -0.25) is 0 Å². The van der Waals surface area contributed by atoms with Crippen molar-refractivity contribution in [1.29, 1.82) is 0 Å². The van der Waals surface area contributed by atoms with E-state index in [-0.39, 0.29) is 24.4 Å². The van der Waals surface area contributed by atoms with Crippen LogP contribution in [0.25, 0.3) is 0 Å². The molecule has 0 fully saturated rings. The maximum absolute atomic E-state index is 13.5. The van der Waals surface area contributed by atoms with Crippen molar-refractivity contribution < 1.29 is 27.4 Å². The van der Waals surface area contributed by atoms with Crippen molar-refractivity contribution in [2.75, 3.05) is 19.5 Å². The van der Waals surface area contributed by atoms with Crippen LogP contribution in [0.2, 0.25) is 0 Å². The number of ether oxygens (including phenoxy) is 2. The van der Waals surface area contributed by atoms with E-state index in [0.29, 0.717) is 6.07 Å². The average molecular weight is 343 g/mol. The zero-order valence-electron chi connectivity index (χ0n) is 12.6. The number of hydrogen-bond donors (Lipinski definition) is 2. The van der Waals surface area contributed by atoms with Crippen LogP contribution < -0.4 is 20.1 Å². The van der Waals surface area contributed by atoms with E-state index in [1.54, 1.807) is 0 Å². The molecular weight excluding hydrogens is 331 g/mol. The Labute approximate surface area is 134 Å². The molecule has 0 spiro atoms. The molecule has 0 radical (unpaired) electrons. The SMILES string of the molecule is COc1nc(CNC(=O)Nc2ccc(F)c(F)c2F)nc(OC)n1. The highest BCUT2D eigenvalue weighted by molar-refractivity contribution is 5.89. The number of nitrogens with one attached hydrogen (secondary N) is 2. The summed E-state index contributed by atoms with van der Waals surface area (Å²) in [5, 5.41) is 4.35. The molecule has 0 bridgehead atoms. The molecule has 0 saturated carbocycles. The Morgan fingerprint density at radius 3 is 2.25 bits per heavy atom. The molecule has 2 aromatic rings. The number of benzene rings is 1. The van der Waals surface area contributed by atoms with Gasteiger partial charge in [0.25, 0.3) is 0 Å². The number of carbonyl (C=O) groups excluding carboxylic acids is 1. The first kappa shape index (κ1) is 17.2. The van der Waals surface area contributed by atoms with Crippen molar-refractivity contribution in [1.82, 2.24) is 20.3 Å². The van der Waals surface area contributed by atoms with Gasteiger partial charge in [0.2, 0.25) is 0 Å². The highest BCUT2D eigenvalue weighted by atomic mass is 19.2. The van der Waals surface area contributed by atoms with Crippen LogP contribution in [0.15, 0.2) is 12.1 Å². The lowest BCUT2D eigenvalue weighted by Gasteiger charge is -2.09. The van der Waals surface area contributed by atoms with Crippen molar-refractivity contribution in [3.63, 3.8) is 0 Å². The number of rotatable bonds is 5. The van der Waals surface area contributed by atoms with Crippen LogP contribution in [0.4, 0.5) is 23.7 Å². The summed E-state index contributed by atoms with van der Waals surface area (Å²) in [6.07, 6.45) is 0. The lowest BCUT2D eigenvalue weighted by atomic mass is 10.3. The third-order valence-electron chi connectivity index (χ3n) is 2.70. The fraction of sp³-hybridized carbons (Fsp3) is 0.231. The van der Waals surface area contributed by atoms with Gasteiger partial charge in [0.15, 0.2) is 23.3 Å². The molecule has 24 heavy (non-hydrogen) atoms. The normalized spacial score (nSPS) is 10.2. The van der Waals surface area contributed by atoms with E-state index in [4.69, 9.17) is 9.47 Å². The van der Waals surface area contributed by atoms with Crippen molar-refractivity contribution in [2.24, 2.45) is 0 Å². The summed E-state index contributed by atoms with van der Waals surface area (Å²) in [7, 11) is 2.68. The van der Waals surface area contributed by atoms with Gasteiger partial charge >= 0.3 is 18.1 Å². The van der Waals surface area contributed by atoms with Crippen LogP contribution in [0.5, 0.6) is 12.0 Å². The number of anilines is 1. The highest BCUT2D eigenvalue weighted by Crippen LogP contribution is 2.19. The van der Waals surface area contributed by atoms with E-state index in [1.807, 2.05) is 5.32 Å². The fourth-order valence-corrected chi connectivity index (χ4v) is 1.59. The molecular formula is C13H12F3N5O3. The van der Waals surface area contributed by atoms with Crippen molar-refractivity contribution in [2.45, 2.75) is 6.54 Å². The van der Waals surface area contributed by atoms with Gasteiger partial charge in [-0.15, -0.1) is 4.98 Å². The first-order valence-corrected chi connectivity index (χ1v) is 6.46. The van der Waals surface area contributed by atoms with Crippen LogP contribution in [-0.2, 0) is 6.54 Å². The molecule has 128 valence electrons. The molecule has 0 atom stereocenters. The van der Waals surface area contributed by atoms with Crippen LogP contribution in [0, 0.1) is 17.5 Å². The minimum atomic E-state index is -1.68. The minimum absolute atomic E-state index is 0.0225. The molecule has 0 unspecified atom stereocenters. The van der Waals surface area contributed by atoms with Crippen LogP contribution in [-0.4, -0.2) is 35.2 Å². The number of nitrogens with zero attached hydrogens (tertiary/aromatic N) is 3. The van der Waals surface area contributed by atoms with Gasteiger partial charge in [0, 0.05) is 0 Å². The first-order chi connectivity index (χ1) is 11.4. The second-order valence-electron chi connectivity index (χ2n) is 4.26. The van der Waals surface area contributed by atoms with Gasteiger partial charge in [0.05, 0.1) is 26.5 Å². The van der Waals surface area contributed by atoms with Crippen molar-refractivity contribution >= 4 is 11.7 Å². The number of urea groups is 1. The van der Waals surface area contributed by atoms with Crippen molar-refractivity contribution in [3.05, 3.63) is 35.4 Å². The minimum Gasteiger partial charge on any atom is -0.467 e. The fourth-order valence-electron chi connectivity index (χ4n) is 1.59. The molecule has 0 aliphatic rings. The lowest BCUT2D eigenvalue weighted by Crippen LogP contribution is -2.29. The third kappa shape index (κ3) is 4.00. The Hall–Kier alpha value is -3.11. The van der Waals surface area contributed by atoms with Gasteiger partial charge < -0.3 is 20.1 Å². The quantitative estimate of drug-likeness (QED) is 0.801. The summed E-state index contributed by atoms with van der Waals surface area (Å²) >= 11 is 0. The second kappa shape index (κ2) is 7.44. The highest BCUT2D eigenvalue weighted by Gasteiger charge is 2.15. The lowest BCUT2D eigenvalue weighted by molar-refractivity contribution is 0.251. The van der Waals surface area contributed by atoms with Gasteiger partial charge in [-0.05, 0) is 12.1 Å². The predicted octanol–water partition coefficient (Wildman–Crippen LogP) is 1.63. The number of carbonyl (C=O) groups is 1. The Balaban J connectivity index is 2.02. The standard InChI is InChI=1S/C13H12F3N5O3/c1-23-12-19-8(20-13(21-12)24-2)5-17-11(22)18-7-4-3-6(14)9(15)10(7)16/h3-4H,5H2,1-2H3,(H2,17,18,22). The Morgan fingerprint density at radius 2 is 1.67 bits per heavy atom. The molecule has 1 heterocycles. The monoisotopic (exact) mass is 343 g/mol. The van der Waals surface area contributed by atoms with Crippen LogP contribution in [0.3, 0.4) is 0 Å². The molecule has 0 aliphatic heterocycles. The number of amides is 2. The molecule has 0 aliphatic carbocycles. The number of methoxy groups -OCH3 is 2. The topological polar surface area (TPSA) is 98.3 Å². The summed E-state index contributed by atoms with van der Waals surface area (Å²) in [4.78, 5) is 23.2. The zero-order valence-corrected chi connectivity index (χ0v) is 12.6. The van der Waals surface area contributed by atoms with E-state index in [2.05, 4.69) is 20.3 Å². The maximum atomic E-state index is 13.5. The summed E-state index contributed by atoms with van der Waals surface area (Å²) in [6.45, 7) is -0.174. The molecule has 2 N–H and O–H groups in total. The molecule has 8 nitrogen and oxygen atoms in total. The van der Waals surface area contributed by atoms with Gasteiger partial charge in [-0.1, -0.05) is 0 Å². The number of halogens is 3. The number of aromatic nitrogens is 3. The predicted molar refractivity (Wildman–Crippen MR) is 75.1 cm³/mol.